The largest absolute Gasteiger partial charge is 0.393 e. The zero-order chi connectivity index (χ0) is 35.8. The van der Waals surface area contributed by atoms with Crippen molar-refractivity contribution in [1.82, 2.24) is 4.31 Å². The van der Waals surface area contributed by atoms with Gasteiger partial charge in [-0.2, -0.15) is 4.31 Å². The van der Waals surface area contributed by atoms with Crippen molar-refractivity contribution in [2.24, 2.45) is 5.41 Å². The summed E-state index contributed by atoms with van der Waals surface area (Å²) in [6.45, 7) is 3.96. The number of hydrogen-bond acceptors (Lipinski definition) is 5. The maximum absolute atomic E-state index is 14.4. The lowest BCUT2D eigenvalue weighted by Gasteiger charge is -2.45. The number of allylic oxidation sites excluding steroid dienone is 2. The number of hydrogen-bond donors (Lipinski definition) is 2. The van der Waals surface area contributed by atoms with Crippen LogP contribution in [0.2, 0.25) is 0 Å². The number of halogens is 2. The number of benzene rings is 4. The summed E-state index contributed by atoms with van der Waals surface area (Å²) in [6, 6.07) is 22.2. The molecule has 264 valence electrons. The fourth-order valence-electron chi connectivity index (χ4n) is 8.19. The predicted octanol–water partition coefficient (Wildman–Crippen LogP) is 7.85. The van der Waals surface area contributed by atoms with Crippen LogP contribution in [0, 0.1) is 17.0 Å². The van der Waals surface area contributed by atoms with Gasteiger partial charge in [0.1, 0.15) is 0 Å². The zero-order valence-corrected chi connectivity index (χ0v) is 29.6. The van der Waals surface area contributed by atoms with Gasteiger partial charge in [-0.15, -0.1) is 0 Å². The average molecular weight is 702 g/mol. The van der Waals surface area contributed by atoms with Crippen molar-refractivity contribution in [3.05, 3.63) is 130 Å². The van der Waals surface area contributed by atoms with E-state index in [2.05, 4.69) is 6.08 Å². The summed E-state index contributed by atoms with van der Waals surface area (Å²) in [5, 5.41) is 25.6. The highest BCUT2D eigenvalue weighted by Crippen LogP contribution is 2.59. The lowest BCUT2D eigenvalue weighted by Crippen LogP contribution is -2.53. The molecular formula is C41H45F2NO5S. The molecule has 50 heavy (non-hydrogen) atoms. The molecule has 0 saturated heterocycles. The number of nitrogens with zero attached hydrogens (tertiary/aromatic N) is 1. The molecule has 2 N–H and O–H groups in total. The highest BCUT2D eigenvalue weighted by molar-refractivity contribution is 7.88. The van der Waals surface area contributed by atoms with Crippen LogP contribution in [0.4, 0.5) is 8.78 Å². The molecule has 4 atom stereocenters. The molecule has 3 aliphatic carbocycles. The van der Waals surface area contributed by atoms with Gasteiger partial charge >= 0.3 is 0 Å². The molecule has 0 radical (unpaired) electrons. The quantitative estimate of drug-likeness (QED) is 0.151. The Bertz CT molecular complexity index is 2060. The van der Waals surface area contributed by atoms with E-state index >= 15 is 0 Å². The number of fused-ring (bicyclic) bond motifs is 9. The second-order valence-corrected chi connectivity index (χ2v) is 16.6. The first-order valence-corrected chi connectivity index (χ1v) is 19.1. The molecule has 0 spiro atoms. The van der Waals surface area contributed by atoms with Crippen molar-refractivity contribution in [2.45, 2.75) is 83.0 Å². The minimum Gasteiger partial charge on any atom is -0.393 e. The fraction of sp³-hybridized carbons (Fsp3) is 0.390. The van der Waals surface area contributed by atoms with Crippen molar-refractivity contribution in [3.63, 3.8) is 0 Å². The summed E-state index contributed by atoms with van der Waals surface area (Å²) < 4.78 is 56.5. The molecule has 4 aromatic carbocycles. The summed E-state index contributed by atoms with van der Waals surface area (Å²) >= 11 is 0. The molecule has 1 fully saturated rings. The number of aliphatic hydroxyl groups excluding tert-OH is 1. The van der Waals surface area contributed by atoms with Crippen molar-refractivity contribution in [3.8, 4) is 0 Å². The summed E-state index contributed by atoms with van der Waals surface area (Å²) in [7, 11) is -3.78. The van der Waals surface area contributed by atoms with E-state index in [-0.39, 0.29) is 31.0 Å². The Labute approximate surface area is 293 Å². The molecule has 0 heterocycles. The highest BCUT2D eigenvalue weighted by atomic mass is 32.2. The molecule has 3 aliphatic rings. The van der Waals surface area contributed by atoms with Gasteiger partial charge in [-0.1, -0.05) is 73.2 Å². The first-order chi connectivity index (χ1) is 23.7. The number of carbonyl (C=O) groups is 1. The third kappa shape index (κ3) is 7.19. The van der Waals surface area contributed by atoms with Gasteiger partial charge in [0.15, 0.2) is 17.4 Å². The van der Waals surface area contributed by atoms with E-state index in [4.69, 9.17) is 0 Å². The van der Waals surface area contributed by atoms with Crippen LogP contribution in [0.25, 0.3) is 10.8 Å². The van der Waals surface area contributed by atoms with E-state index in [0.29, 0.717) is 49.7 Å². The summed E-state index contributed by atoms with van der Waals surface area (Å²) in [6.07, 6.45) is 6.04. The van der Waals surface area contributed by atoms with Gasteiger partial charge < -0.3 is 10.2 Å². The Kier molecular flexibility index (Phi) is 10.2. The molecule has 4 unspecified atom stereocenters. The topological polar surface area (TPSA) is 94.9 Å². The van der Waals surface area contributed by atoms with E-state index < -0.39 is 44.6 Å². The van der Waals surface area contributed by atoms with Gasteiger partial charge in [-0.3, -0.25) is 4.79 Å². The van der Waals surface area contributed by atoms with Gasteiger partial charge in [-0.05, 0) is 110 Å². The van der Waals surface area contributed by atoms with Crippen molar-refractivity contribution in [2.75, 3.05) is 12.8 Å². The van der Waals surface area contributed by atoms with Gasteiger partial charge in [0.2, 0.25) is 10.0 Å². The molecule has 0 amide bonds. The monoisotopic (exact) mass is 701 g/mol. The van der Waals surface area contributed by atoms with Crippen molar-refractivity contribution in [1.29, 1.82) is 0 Å². The summed E-state index contributed by atoms with van der Waals surface area (Å²) in [4.78, 5) is 14.1. The molecular weight excluding hydrogens is 657 g/mol. The number of ketones is 1. The molecule has 0 aromatic heterocycles. The summed E-state index contributed by atoms with van der Waals surface area (Å²) in [5.74, 6) is -3.03. The minimum atomic E-state index is -3.78. The molecule has 1 saturated carbocycles. The first-order valence-electron chi connectivity index (χ1n) is 17.3. The minimum absolute atomic E-state index is 0.00387. The van der Waals surface area contributed by atoms with E-state index in [1.165, 1.54) is 16.6 Å². The molecule has 0 aliphatic heterocycles. The molecule has 7 rings (SSSR count). The molecule has 6 nitrogen and oxygen atoms in total. The molecule has 2 bridgehead atoms. The van der Waals surface area contributed by atoms with Crippen LogP contribution in [0.3, 0.4) is 0 Å². The van der Waals surface area contributed by atoms with Gasteiger partial charge in [0.25, 0.3) is 0 Å². The van der Waals surface area contributed by atoms with Crippen LogP contribution in [0.5, 0.6) is 0 Å². The van der Waals surface area contributed by atoms with Crippen LogP contribution in [0.15, 0.2) is 90.5 Å². The smallest absolute Gasteiger partial charge is 0.211 e. The standard InChI is InChI=1S/C41H45F2NO5S/c1-27-8-7-20-40(2)36(19-21-41(40,47)26-44(50(3,48)49)25-31-11-6-10-29-9-4-5-12-33(29)31)34-17-14-28(22-32(45)16-13-27)23-35(34)39(46)30-15-18-37(42)38(43)24-30/h4-6,8-12,14-15,17-18,23-24,32,36,45,47H,7,13,16,19-22,25-26H2,1-3H3. The fourth-order valence-corrected chi connectivity index (χ4v) is 9.01. The van der Waals surface area contributed by atoms with E-state index in [9.17, 15) is 32.2 Å². The average Bonchev–Trinajstić information content (AvgIpc) is 3.33. The maximum atomic E-state index is 14.4. The lowest BCUT2D eigenvalue weighted by atomic mass is 9.64. The number of aliphatic hydroxyl groups is 2. The Hall–Kier alpha value is -3.76. The molecule has 9 heteroatoms. The third-order valence-electron chi connectivity index (χ3n) is 11.2. The first kappa shape index (κ1) is 36.0. The van der Waals surface area contributed by atoms with Gasteiger partial charge in [0.05, 0.1) is 18.0 Å². The van der Waals surface area contributed by atoms with Crippen molar-refractivity contribution < 1.29 is 32.2 Å². The second kappa shape index (κ2) is 14.1. The Balaban J connectivity index is 1.45. The van der Waals surface area contributed by atoms with Crippen LogP contribution >= 0.6 is 0 Å². The number of carbonyl (C=O) groups excluding carboxylic acids is 1. The van der Waals surface area contributed by atoms with E-state index in [0.717, 1.165) is 39.6 Å². The zero-order valence-electron chi connectivity index (χ0n) is 28.8. The van der Waals surface area contributed by atoms with Crippen molar-refractivity contribution >= 4 is 26.6 Å². The SMILES string of the molecule is CC1=CCCC2(C)C(CCC2(O)CN(Cc2cccc3ccccc23)S(C)(=O)=O)c2ccc(cc2C(=O)c2ccc(F)c(F)c2)CC(O)CC1. The third-order valence-corrected chi connectivity index (χ3v) is 12.4. The summed E-state index contributed by atoms with van der Waals surface area (Å²) in [5.41, 5.74) is 1.30. The van der Waals surface area contributed by atoms with Crippen LogP contribution in [-0.2, 0) is 23.0 Å². The number of rotatable bonds is 7. The second-order valence-electron chi connectivity index (χ2n) is 14.6. The van der Waals surface area contributed by atoms with Gasteiger partial charge in [-0.25, -0.2) is 17.2 Å². The Morgan fingerprint density at radius 1 is 0.960 bits per heavy atom. The number of sulfonamides is 1. The lowest BCUT2D eigenvalue weighted by molar-refractivity contribution is -0.0730. The maximum Gasteiger partial charge on any atom is 0.211 e. The van der Waals surface area contributed by atoms with E-state index in [1.54, 1.807) is 6.07 Å². The Morgan fingerprint density at radius 3 is 2.48 bits per heavy atom. The van der Waals surface area contributed by atoms with Gasteiger partial charge in [0, 0.05) is 29.6 Å². The molecule has 4 aromatic rings. The predicted molar refractivity (Wildman–Crippen MR) is 192 cm³/mol. The highest BCUT2D eigenvalue weighted by Gasteiger charge is 2.58. The van der Waals surface area contributed by atoms with E-state index in [1.807, 2.05) is 68.4 Å². The van der Waals surface area contributed by atoms with Crippen LogP contribution in [-0.4, -0.2) is 53.2 Å². The normalized spacial score (nSPS) is 24.6. The van der Waals surface area contributed by atoms with Crippen LogP contribution < -0.4 is 0 Å². The Morgan fingerprint density at radius 2 is 1.72 bits per heavy atom. The van der Waals surface area contributed by atoms with Crippen LogP contribution in [0.1, 0.15) is 90.9 Å².